The van der Waals surface area contributed by atoms with Crippen molar-refractivity contribution in [1.82, 2.24) is 9.78 Å². The fraction of sp³-hybridized carbons (Fsp3) is 0.429. The fourth-order valence-electron chi connectivity index (χ4n) is 0.867. The zero-order chi connectivity index (χ0) is 10.9. The van der Waals surface area contributed by atoms with Crippen molar-refractivity contribution in [2.75, 3.05) is 0 Å². The third-order valence-electron chi connectivity index (χ3n) is 1.63. The highest BCUT2D eigenvalue weighted by Crippen LogP contribution is 2.26. The van der Waals surface area contributed by atoms with Crippen LogP contribution in [0.2, 0.25) is 0 Å². The second kappa shape index (κ2) is 3.39. The normalized spacial score (nSPS) is 12.1. The van der Waals surface area contributed by atoms with Crippen LogP contribution in [-0.2, 0) is 7.05 Å². The molecular formula is C7H6F4N2O. The van der Waals surface area contributed by atoms with Gasteiger partial charge in [-0.1, -0.05) is 0 Å². The van der Waals surface area contributed by atoms with E-state index in [1.165, 1.54) is 7.05 Å². The van der Waals surface area contributed by atoms with Crippen molar-refractivity contribution in [3.63, 3.8) is 0 Å². The molecule has 7 heteroatoms. The summed E-state index contributed by atoms with van der Waals surface area (Å²) in [6.07, 6.45) is -2.93. The number of nitrogens with zero attached hydrogens (tertiary/aromatic N) is 2. The van der Waals surface area contributed by atoms with Gasteiger partial charge >= 0.3 is 12.3 Å². The number of alkyl halides is 4. The Kier molecular flexibility index (Phi) is 2.59. The molecule has 0 aliphatic rings. The average Bonchev–Trinajstić information content (AvgIpc) is 2.49. The maximum absolute atomic E-state index is 12.5. The van der Waals surface area contributed by atoms with Crippen molar-refractivity contribution in [3.8, 4) is 0 Å². The molecule has 0 unspecified atom stereocenters. The first-order valence-corrected chi connectivity index (χ1v) is 3.56. The van der Waals surface area contributed by atoms with Crippen molar-refractivity contribution in [1.29, 1.82) is 0 Å². The van der Waals surface area contributed by atoms with E-state index < -0.39 is 23.8 Å². The topological polar surface area (TPSA) is 34.9 Å². The number of hydrogen-bond acceptors (Lipinski definition) is 2. The van der Waals surface area contributed by atoms with Crippen LogP contribution >= 0.6 is 0 Å². The van der Waals surface area contributed by atoms with Crippen LogP contribution in [0, 0.1) is 0 Å². The Balaban J connectivity index is 3.02. The maximum atomic E-state index is 12.5. The molecule has 0 bridgehead atoms. The van der Waals surface area contributed by atoms with Gasteiger partial charge in [0.2, 0.25) is 0 Å². The summed E-state index contributed by atoms with van der Waals surface area (Å²) in [6, 6.07) is 0.957. The summed E-state index contributed by atoms with van der Waals surface area (Å²) in [5.74, 6) is -6.58. The van der Waals surface area contributed by atoms with Gasteiger partial charge in [0.05, 0.1) is 0 Å². The SMILES string of the molecule is Cn1nccc1C(=O)C(F)(F)C(F)F. The van der Waals surface area contributed by atoms with E-state index in [0.717, 1.165) is 16.9 Å². The summed E-state index contributed by atoms with van der Waals surface area (Å²) in [4.78, 5) is 10.9. The lowest BCUT2D eigenvalue weighted by atomic mass is 10.1. The largest absolute Gasteiger partial charge is 0.370 e. The molecule has 0 aliphatic carbocycles. The number of rotatable bonds is 3. The first-order valence-electron chi connectivity index (χ1n) is 3.56. The fourth-order valence-corrected chi connectivity index (χ4v) is 0.867. The second-order valence-electron chi connectivity index (χ2n) is 2.59. The number of aryl methyl sites for hydroxylation is 1. The quantitative estimate of drug-likeness (QED) is 0.559. The highest BCUT2D eigenvalue weighted by atomic mass is 19.3. The van der Waals surface area contributed by atoms with E-state index in [-0.39, 0.29) is 0 Å². The van der Waals surface area contributed by atoms with Gasteiger partial charge in [0.15, 0.2) is 0 Å². The number of ketones is 1. The summed E-state index contributed by atoms with van der Waals surface area (Å²) >= 11 is 0. The lowest BCUT2D eigenvalue weighted by Gasteiger charge is -2.13. The van der Waals surface area contributed by atoms with Gasteiger partial charge < -0.3 is 0 Å². The summed E-state index contributed by atoms with van der Waals surface area (Å²) in [7, 11) is 1.22. The van der Waals surface area contributed by atoms with Crippen molar-refractivity contribution in [2.45, 2.75) is 12.3 Å². The highest BCUT2D eigenvalue weighted by molar-refractivity contribution is 6.00. The minimum atomic E-state index is -4.66. The van der Waals surface area contributed by atoms with Gasteiger partial charge in [-0.25, -0.2) is 8.78 Å². The molecule has 3 nitrogen and oxygen atoms in total. The van der Waals surface area contributed by atoms with Gasteiger partial charge in [0, 0.05) is 13.2 Å². The third kappa shape index (κ3) is 1.61. The molecule has 0 aromatic carbocycles. The number of halogens is 4. The molecule has 1 aromatic rings. The Morgan fingerprint density at radius 1 is 1.57 bits per heavy atom. The Morgan fingerprint density at radius 3 is 2.50 bits per heavy atom. The standard InChI is InChI=1S/C7H6F4N2O/c1-13-4(2-3-12-13)5(14)7(10,11)6(8)9/h2-3,6H,1H3. The van der Waals surface area contributed by atoms with E-state index in [0.29, 0.717) is 0 Å². The number of hydrogen-bond donors (Lipinski definition) is 0. The van der Waals surface area contributed by atoms with Crippen LogP contribution in [-0.4, -0.2) is 27.9 Å². The molecule has 1 heterocycles. The van der Waals surface area contributed by atoms with Gasteiger partial charge in [-0.05, 0) is 6.07 Å². The van der Waals surface area contributed by atoms with Crippen molar-refractivity contribution in [2.24, 2.45) is 7.05 Å². The molecule has 1 rings (SSSR count). The summed E-state index contributed by atoms with van der Waals surface area (Å²) in [5.41, 5.74) is -0.546. The summed E-state index contributed by atoms with van der Waals surface area (Å²) in [6.45, 7) is 0. The zero-order valence-corrected chi connectivity index (χ0v) is 7.05. The van der Waals surface area contributed by atoms with E-state index >= 15 is 0 Å². The van der Waals surface area contributed by atoms with Crippen molar-refractivity contribution < 1.29 is 22.4 Å². The second-order valence-corrected chi connectivity index (χ2v) is 2.59. The number of carbonyl (C=O) groups is 1. The molecule has 0 spiro atoms. The van der Waals surface area contributed by atoms with Crippen LogP contribution in [0.3, 0.4) is 0 Å². The lowest BCUT2D eigenvalue weighted by molar-refractivity contribution is -0.0962. The maximum Gasteiger partial charge on any atom is 0.370 e. The van der Waals surface area contributed by atoms with E-state index in [2.05, 4.69) is 5.10 Å². The lowest BCUT2D eigenvalue weighted by Crippen LogP contribution is -2.37. The minimum absolute atomic E-state index is 0.546. The smallest absolute Gasteiger partial charge is 0.285 e. The van der Waals surface area contributed by atoms with Gasteiger partial charge in [-0.2, -0.15) is 13.9 Å². The monoisotopic (exact) mass is 210 g/mol. The summed E-state index contributed by atoms with van der Waals surface area (Å²) < 4.78 is 49.5. The van der Waals surface area contributed by atoms with Crippen LogP contribution < -0.4 is 0 Å². The Labute approximate surface area is 76.3 Å². The highest BCUT2D eigenvalue weighted by Gasteiger charge is 2.49. The summed E-state index contributed by atoms with van der Waals surface area (Å²) in [5, 5.41) is 3.43. The Morgan fingerprint density at radius 2 is 2.14 bits per heavy atom. The van der Waals surface area contributed by atoms with Crippen molar-refractivity contribution in [3.05, 3.63) is 18.0 Å². The predicted octanol–water partition coefficient (Wildman–Crippen LogP) is 1.50. The van der Waals surface area contributed by atoms with Crippen molar-refractivity contribution >= 4 is 5.78 Å². The molecule has 0 fully saturated rings. The molecule has 0 amide bonds. The van der Waals surface area contributed by atoms with E-state index in [1.54, 1.807) is 0 Å². The van der Waals surface area contributed by atoms with Gasteiger partial charge in [-0.3, -0.25) is 9.48 Å². The van der Waals surface area contributed by atoms with Crippen LogP contribution in [0.4, 0.5) is 17.6 Å². The molecule has 0 radical (unpaired) electrons. The van der Waals surface area contributed by atoms with E-state index in [4.69, 9.17) is 0 Å². The number of Topliss-reactive ketones (excluding diaryl/α,β-unsaturated/α-hetero) is 1. The first-order chi connectivity index (χ1) is 6.37. The van der Waals surface area contributed by atoms with Gasteiger partial charge in [0.1, 0.15) is 5.69 Å². The average molecular weight is 210 g/mol. The molecular weight excluding hydrogens is 204 g/mol. The molecule has 0 aliphatic heterocycles. The molecule has 78 valence electrons. The molecule has 0 N–H and O–H groups in total. The minimum Gasteiger partial charge on any atom is -0.285 e. The molecule has 1 aromatic heterocycles. The Hall–Kier alpha value is -1.40. The number of carbonyl (C=O) groups excluding carboxylic acids is 1. The van der Waals surface area contributed by atoms with Crippen LogP contribution in [0.1, 0.15) is 10.5 Å². The molecule has 0 saturated carbocycles. The van der Waals surface area contributed by atoms with Gasteiger partial charge in [-0.15, -0.1) is 0 Å². The van der Waals surface area contributed by atoms with E-state index in [9.17, 15) is 22.4 Å². The van der Waals surface area contributed by atoms with Gasteiger partial charge in [0.25, 0.3) is 5.78 Å². The Bertz CT molecular complexity index is 347. The molecule has 14 heavy (non-hydrogen) atoms. The third-order valence-corrected chi connectivity index (χ3v) is 1.63. The van der Waals surface area contributed by atoms with Crippen LogP contribution in [0.5, 0.6) is 0 Å². The predicted molar refractivity (Wildman–Crippen MR) is 38.5 cm³/mol. The van der Waals surface area contributed by atoms with Crippen LogP contribution in [0.15, 0.2) is 12.3 Å². The molecule has 0 saturated heterocycles. The van der Waals surface area contributed by atoms with Crippen LogP contribution in [0.25, 0.3) is 0 Å². The first kappa shape index (κ1) is 10.7. The molecule has 0 atom stereocenters. The number of aromatic nitrogens is 2. The van der Waals surface area contributed by atoms with E-state index in [1.807, 2.05) is 0 Å². The zero-order valence-electron chi connectivity index (χ0n) is 7.05.